The third kappa shape index (κ3) is 5.01. The Labute approximate surface area is 148 Å². The highest BCUT2D eigenvalue weighted by molar-refractivity contribution is 5.94. The first-order valence-corrected chi connectivity index (χ1v) is 8.69. The quantitative estimate of drug-likeness (QED) is 0.722. The van der Waals surface area contributed by atoms with Gasteiger partial charge in [0.15, 0.2) is 0 Å². The van der Waals surface area contributed by atoms with Crippen LogP contribution in [0.5, 0.6) is 5.88 Å². The van der Waals surface area contributed by atoms with Crippen LogP contribution in [0.15, 0.2) is 48.7 Å². The van der Waals surface area contributed by atoms with Gasteiger partial charge in [-0.05, 0) is 24.5 Å². The Bertz CT molecular complexity index is 676. The van der Waals surface area contributed by atoms with E-state index in [2.05, 4.69) is 28.1 Å². The molecule has 2 unspecified atom stereocenters. The first kappa shape index (κ1) is 17.4. The van der Waals surface area contributed by atoms with Crippen LogP contribution in [0.25, 0.3) is 0 Å². The molecule has 0 aliphatic carbocycles. The van der Waals surface area contributed by atoms with E-state index in [1.807, 2.05) is 30.3 Å². The van der Waals surface area contributed by atoms with Gasteiger partial charge in [-0.15, -0.1) is 0 Å². The van der Waals surface area contributed by atoms with Crippen LogP contribution in [0.1, 0.15) is 31.7 Å². The van der Waals surface area contributed by atoms with E-state index in [1.54, 1.807) is 18.3 Å². The standard InChI is InChI=1S/C19H24N4O2/c1-2-6-15-11-17(23-22-15)19(24)21-16-9-10-18(20-12-16)25-13-14-7-4-3-5-8-14/h3-5,7-10,12,15,17,22-23H,2,6,11,13H2,1H3,(H,21,24). The Balaban J connectivity index is 1.48. The van der Waals surface area contributed by atoms with Crippen LogP contribution in [-0.2, 0) is 11.4 Å². The average Bonchev–Trinajstić information content (AvgIpc) is 3.11. The van der Waals surface area contributed by atoms with Gasteiger partial charge < -0.3 is 10.1 Å². The SMILES string of the molecule is CCCC1CC(C(=O)Nc2ccc(OCc3ccccc3)nc2)NN1. The molecule has 2 heterocycles. The molecule has 0 radical (unpaired) electrons. The fraction of sp³-hybridized carbons (Fsp3) is 0.368. The lowest BCUT2D eigenvalue weighted by Crippen LogP contribution is -2.40. The lowest BCUT2D eigenvalue weighted by atomic mass is 10.1. The van der Waals surface area contributed by atoms with Crippen molar-refractivity contribution in [1.29, 1.82) is 0 Å². The van der Waals surface area contributed by atoms with Gasteiger partial charge in [-0.25, -0.2) is 10.4 Å². The molecule has 3 rings (SSSR count). The molecule has 1 aromatic heterocycles. The number of benzene rings is 1. The normalized spacial score (nSPS) is 19.6. The van der Waals surface area contributed by atoms with Crippen molar-refractivity contribution in [2.45, 2.75) is 44.9 Å². The van der Waals surface area contributed by atoms with Crippen LogP contribution in [0.3, 0.4) is 0 Å². The number of nitrogens with zero attached hydrogens (tertiary/aromatic N) is 1. The second-order valence-corrected chi connectivity index (χ2v) is 6.21. The Kier molecular flexibility index (Phi) is 5.98. The third-order valence-electron chi connectivity index (χ3n) is 4.17. The second-order valence-electron chi connectivity index (χ2n) is 6.21. The maximum absolute atomic E-state index is 12.3. The van der Waals surface area contributed by atoms with Crippen molar-refractivity contribution in [3.63, 3.8) is 0 Å². The average molecular weight is 340 g/mol. The van der Waals surface area contributed by atoms with Crippen molar-refractivity contribution in [2.24, 2.45) is 0 Å². The van der Waals surface area contributed by atoms with Gasteiger partial charge in [-0.2, -0.15) is 0 Å². The minimum atomic E-state index is -0.217. The predicted octanol–water partition coefficient (Wildman–Crippen LogP) is 2.63. The van der Waals surface area contributed by atoms with Crippen LogP contribution < -0.4 is 20.9 Å². The van der Waals surface area contributed by atoms with E-state index in [1.165, 1.54) is 0 Å². The molecule has 25 heavy (non-hydrogen) atoms. The zero-order valence-corrected chi connectivity index (χ0v) is 14.4. The minimum absolute atomic E-state index is 0.0501. The van der Waals surface area contributed by atoms with Gasteiger partial charge in [-0.1, -0.05) is 43.7 Å². The topological polar surface area (TPSA) is 75.3 Å². The Hall–Kier alpha value is -2.44. The van der Waals surface area contributed by atoms with E-state index in [4.69, 9.17) is 4.74 Å². The van der Waals surface area contributed by atoms with Gasteiger partial charge >= 0.3 is 0 Å². The first-order valence-electron chi connectivity index (χ1n) is 8.69. The molecular formula is C19H24N4O2. The molecule has 2 aromatic rings. The predicted molar refractivity (Wildman–Crippen MR) is 97.0 cm³/mol. The summed E-state index contributed by atoms with van der Waals surface area (Å²) in [6, 6.07) is 13.6. The van der Waals surface area contributed by atoms with E-state index in [9.17, 15) is 4.79 Å². The molecule has 1 amide bonds. The van der Waals surface area contributed by atoms with Gasteiger partial charge in [0.25, 0.3) is 0 Å². The molecular weight excluding hydrogens is 316 g/mol. The molecule has 2 atom stereocenters. The molecule has 0 spiro atoms. The molecule has 0 bridgehead atoms. The van der Waals surface area contributed by atoms with Gasteiger partial charge in [0.2, 0.25) is 11.8 Å². The second kappa shape index (κ2) is 8.60. The molecule has 132 valence electrons. The molecule has 1 saturated heterocycles. The number of hydrazine groups is 1. The zero-order valence-electron chi connectivity index (χ0n) is 14.4. The summed E-state index contributed by atoms with van der Waals surface area (Å²) in [6.45, 7) is 2.61. The summed E-state index contributed by atoms with van der Waals surface area (Å²) in [7, 11) is 0. The molecule has 1 fully saturated rings. The number of amides is 1. The van der Waals surface area contributed by atoms with Gasteiger partial charge in [0.1, 0.15) is 12.6 Å². The van der Waals surface area contributed by atoms with Crippen molar-refractivity contribution in [3.8, 4) is 5.88 Å². The van der Waals surface area contributed by atoms with E-state index in [0.29, 0.717) is 24.2 Å². The van der Waals surface area contributed by atoms with Crippen LogP contribution in [0.4, 0.5) is 5.69 Å². The Morgan fingerprint density at radius 1 is 1.24 bits per heavy atom. The molecule has 3 N–H and O–H groups in total. The van der Waals surface area contributed by atoms with Crippen molar-refractivity contribution in [1.82, 2.24) is 15.8 Å². The number of anilines is 1. The van der Waals surface area contributed by atoms with Gasteiger partial charge in [0.05, 0.1) is 11.9 Å². The summed E-state index contributed by atoms with van der Waals surface area (Å²) in [5.74, 6) is 0.483. The first-order chi connectivity index (χ1) is 12.2. The molecule has 6 heteroatoms. The smallest absolute Gasteiger partial charge is 0.242 e. The number of rotatable bonds is 7. The highest BCUT2D eigenvalue weighted by atomic mass is 16.5. The largest absolute Gasteiger partial charge is 0.473 e. The van der Waals surface area contributed by atoms with Crippen molar-refractivity contribution in [2.75, 3.05) is 5.32 Å². The summed E-state index contributed by atoms with van der Waals surface area (Å²) in [5, 5.41) is 2.89. The fourth-order valence-electron chi connectivity index (χ4n) is 2.83. The number of pyridine rings is 1. The molecule has 6 nitrogen and oxygen atoms in total. The summed E-state index contributed by atoms with van der Waals surface area (Å²) >= 11 is 0. The summed E-state index contributed by atoms with van der Waals surface area (Å²) < 4.78 is 5.65. The number of hydrogen-bond donors (Lipinski definition) is 3. The Morgan fingerprint density at radius 2 is 2.08 bits per heavy atom. The number of carbonyl (C=O) groups is 1. The lowest BCUT2D eigenvalue weighted by Gasteiger charge is -2.11. The van der Waals surface area contributed by atoms with Crippen molar-refractivity contribution >= 4 is 11.6 Å². The Morgan fingerprint density at radius 3 is 2.80 bits per heavy atom. The van der Waals surface area contributed by atoms with Crippen molar-refractivity contribution < 1.29 is 9.53 Å². The third-order valence-corrected chi connectivity index (χ3v) is 4.17. The summed E-state index contributed by atoms with van der Waals surface area (Å²) in [4.78, 5) is 16.5. The van der Waals surface area contributed by atoms with E-state index in [-0.39, 0.29) is 11.9 Å². The maximum Gasteiger partial charge on any atom is 0.242 e. The summed E-state index contributed by atoms with van der Waals surface area (Å²) in [5.41, 5.74) is 7.97. The monoisotopic (exact) mass is 340 g/mol. The van der Waals surface area contributed by atoms with Crippen molar-refractivity contribution in [3.05, 3.63) is 54.2 Å². The maximum atomic E-state index is 12.3. The van der Waals surface area contributed by atoms with E-state index < -0.39 is 0 Å². The van der Waals surface area contributed by atoms with Crippen LogP contribution >= 0.6 is 0 Å². The lowest BCUT2D eigenvalue weighted by molar-refractivity contribution is -0.117. The van der Waals surface area contributed by atoms with E-state index in [0.717, 1.165) is 24.8 Å². The number of aromatic nitrogens is 1. The molecule has 1 aliphatic rings. The highest BCUT2D eigenvalue weighted by Gasteiger charge is 2.28. The molecule has 0 saturated carbocycles. The van der Waals surface area contributed by atoms with E-state index >= 15 is 0 Å². The number of nitrogens with one attached hydrogen (secondary N) is 3. The molecule has 1 aliphatic heterocycles. The minimum Gasteiger partial charge on any atom is -0.473 e. The van der Waals surface area contributed by atoms with Gasteiger partial charge in [-0.3, -0.25) is 10.2 Å². The summed E-state index contributed by atoms with van der Waals surface area (Å²) in [6.07, 6.45) is 4.57. The molecule has 1 aromatic carbocycles. The van der Waals surface area contributed by atoms with Crippen LogP contribution in [0.2, 0.25) is 0 Å². The van der Waals surface area contributed by atoms with Crippen LogP contribution in [0, 0.1) is 0 Å². The fourth-order valence-corrected chi connectivity index (χ4v) is 2.83. The number of carbonyl (C=O) groups excluding carboxylic acids is 1. The number of hydrogen-bond acceptors (Lipinski definition) is 5. The number of ether oxygens (including phenoxy) is 1. The van der Waals surface area contributed by atoms with Gasteiger partial charge in [0, 0.05) is 12.1 Å². The zero-order chi connectivity index (χ0) is 17.5. The van der Waals surface area contributed by atoms with Crippen LogP contribution in [-0.4, -0.2) is 23.0 Å². The highest BCUT2D eigenvalue weighted by Crippen LogP contribution is 2.16.